The van der Waals surface area contributed by atoms with Crippen molar-refractivity contribution in [2.75, 3.05) is 18.1 Å². The lowest BCUT2D eigenvalue weighted by Crippen LogP contribution is -2.55. The maximum atomic E-state index is 12.7. The van der Waals surface area contributed by atoms with Gasteiger partial charge in [0, 0.05) is 19.2 Å². The SMILES string of the molecule is CC(=O)O[C@@H](C(=O)O)C1OCCN(c2ccn(-c3ccnnc3)n2)C1=O. The second-order valence-corrected chi connectivity index (χ2v) is 5.37. The summed E-state index contributed by atoms with van der Waals surface area (Å²) in [5, 5.41) is 21.0. The number of ether oxygens (including phenoxy) is 2. The molecule has 0 aromatic carbocycles. The summed E-state index contributed by atoms with van der Waals surface area (Å²) < 4.78 is 11.5. The highest BCUT2D eigenvalue weighted by Crippen LogP contribution is 2.21. The summed E-state index contributed by atoms with van der Waals surface area (Å²) in [7, 11) is 0. The van der Waals surface area contributed by atoms with E-state index in [1.54, 1.807) is 18.3 Å². The standard InChI is InChI=1S/C15H15N5O6/c1-9(21)26-13(15(23)24)12-14(22)19(6-7-25-12)11-3-5-20(18-11)10-2-4-16-17-8-10/h2-5,8,12-13H,6-7H2,1H3,(H,23,24)/t12?,13-/m1/s1. The maximum absolute atomic E-state index is 12.7. The Morgan fingerprint density at radius 2 is 2.19 bits per heavy atom. The summed E-state index contributed by atoms with van der Waals surface area (Å²) in [6.07, 6.45) is 1.46. The molecule has 0 spiro atoms. The van der Waals surface area contributed by atoms with E-state index < -0.39 is 30.1 Å². The van der Waals surface area contributed by atoms with Crippen LogP contribution in [-0.2, 0) is 23.9 Å². The molecule has 3 heterocycles. The third kappa shape index (κ3) is 3.52. The topological polar surface area (TPSA) is 137 Å². The van der Waals surface area contributed by atoms with Crippen molar-refractivity contribution in [2.24, 2.45) is 0 Å². The molecule has 1 saturated heterocycles. The number of nitrogens with zero attached hydrogens (tertiary/aromatic N) is 5. The quantitative estimate of drug-likeness (QED) is 0.693. The fourth-order valence-corrected chi connectivity index (χ4v) is 2.49. The van der Waals surface area contributed by atoms with Gasteiger partial charge in [-0.2, -0.15) is 10.2 Å². The van der Waals surface area contributed by atoms with Crippen LogP contribution in [0.3, 0.4) is 0 Å². The molecule has 0 aliphatic carbocycles. The Bertz CT molecular complexity index is 823. The lowest BCUT2D eigenvalue weighted by Gasteiger charge is -2.33. The fraction of sp³-hybridized carbons (Fsp3) is 0.333. The van der Waals surface area contributed by atoms with Crippen molar-refractivity contribution < 1.29 is 29.0 Å². The first-order valence-electron chi connectivity index (χ1n) is 7.63. The van der Waals surface area contributed by atoms with Gasteiger partial charge >= 0.3 is 11.9 Å². The molecule has 3 rings (SSSR count). The summed E-state index contributed by atoms with van der Waals surface area (Å²) in [5.41, 5.74) is 0.645. The van der Waals surface area contributed by atoms with Crippen LogP contribution in [0.25, 0.3) is 5.69 Å². The minimum absolute atomic E-state index is 0.0745. The molecule has 1 aliphatic heterocycles. The first-order valence-corrected chi connectivity index (χ1v) is 7.63. The number of morpholine rings is 1. The van der Waals surface area contributed by atoms with Crippen LogP contribution in [0.15, 0.2) is 30.7 Å². The van der Waals surface area contributed by atoms with E-state index >= 15 is 0 Å². The molecule has 11 heteroatoms. The average molecular weight is 361 g/mol. The van der Waals surface area contributed by atoms with Gasteiger partial charge in [-0.1, -0.05) is 0 Å². The number of hydrogen-bond donors (Lipinski definition) is 1. The summed E-state index contributed by atoms with van der Waals surface area (Å²) in [6.45, 7) is 1.32. The van der Waals surface area contributed by atoms with Crippen LogP contribution < -0.4 is 4.90 Å². The van der Waals surface area contributed by atoms with Crippen molar-refractivity contribution in [3.8, 4) is 5.69 Å². The number of carbonyl (C=O) groups excluding carboxylic acids is 2. The summed E-state index contributed by atoms with van der Waals surface area (Å²) in [6, 6.07) is 3.29. The summed E-state index contributed by atoms with van der Waals surface area (Å²) in [4.78, 5) is 36.4. The van der Waals surface area contributed by atoms with Crippen LogP contribution >= 0.6 is 0 Å². The Labute approximate surface area is 147 Å². The van der Waals surface area contributed by atoms with Crippen LogP contribution in [0.5, 0.6) is 0 Å². The largest absolute Gasteiger partial charge is 0.478 e. The lowest BCUT2D eigenvalue weighted by molar-refractivity contribution is -0.177. The minimum Gasteiger partial charge on any atom is -0.478 e. The van der Waals surface area contributed by atoms with Crippen LogP contribution in [0, 0.1) is 0 Å². The van der Waals surface area contributed by atoms with E-state index in [1.807, 2.05) is 0 Å². The van der Waals surface area contributed by atoms with Gasteiger partial charge in [0.15, 0.2) is 11.9 Å². The Hall–Kier alpha value is -3.34. The second kappa shape index (κ2) is 7.27. The first kappa shape index (κ1) is 17.5. The Kier molecular flexibility index (Phi) is 4.89. The van der Waals surface area contributed by atoms with E-state index in [-0.39, 0.29) is 13.2 Å². The van der Waals surface area contributed by atoms with Crippen LogP contribution in [0.2, 0.25) is 0 Å². The van der Waals surface area contributed by atoms with Gasteiger partial charge in [0.1, 0.15) is 0 Å². The average Bonchev–Trinajstić information content (AvgIpc) is 3.10. The van der Waals surface area contributed by atoms with Crippen molar-refractivity contribution in [2.45, 2.75) is 19.1 Å². The zero-order chi connectivity index (χ0) is 18.7. The molecule has 11 nitrogen and oxygen atoms in total. The van der Waals surface area contributed by atoms with Gasteiger partial charge in [-0.3, -0.25) is 14.5 Å². The number of carbonyl (C=O) groups is 3. The van der Waals surface area contributed by atoms with Crippen LogP contribution in [0.4, 0.5) is 5.82 Å². The van der Waals surface area contributed by atoms with Crippen molar-refractivity contribution >= 4 is 23.7 Å². The molecule has 1 aliphatic rings. The molecule has 1 amide bonds. The molecular formula is C15H15N5O6. The van der Waals surface area contributed by atoms with Gasteiger partial charge in [-0.25, -0.2) is 9.48 Å². The number of amides is 1. The maximum Gasteiger partial charge on any atom is 0.348 e. The van der Waals surface area contributed by atoms with Gasteiger partial charge < -0.3 is 14.6 Å². The molecule has 136 valence electrons. The Morgan fingerprint density at radius 1 is 1.38 bits per heavy atom. The van der Waals surface area contributed by atoms with Gasteiger partial charge in [0.25, 0.3) is 5.91 Å². The molecule has 26 heavy (non-hydrogen) atoms. The molecule has 2 atom stereocenters. The number of anilines is 1. The molecule has 0 bridgehead atoms. The van der Waals surface area contributed by atoms with Crippen LogP contribution in [-0.4, -0.2) is 68.3 Å². The number of rotatable bonds is 5. The van der Waals surface area contributed by atoms with Gasteiger partial charge in [0.2, 0.25) is 6.10 Å². The number of hydrogen-bond acceptors (Lipinski definition) is 8. The van der Waals surface area contributed by atoms with E-state index in [0.29, 0.717) is 11.5 Å². The van der Waals surface area contributed by atoms with Crippen molar-refractivity contribution in [1.82, 2.24) is 20.0 Å². The molecule has 2 aromatic heterocycles. The number of aromatic nitrogens is 4. The third-order valence-electron chi connectivity index (χ3n) is 3.62. The Morgan fingerprint density at radius 3 is 2.85 bits per heavy atom. The molecule has 2 aromatic rings. The third-order valence-corrected chi connectivity index (χ3v) is 3.62. The van der Waals surface area contributed by atoms with E-state index in [1.165, 1.54) is 22.0 Å². The zero-order valence-electron chi connectivity index (χ0n) is 13.7. The molecular weight excluding hydrogens is 346 g/mol. The van der Waals surface area contributed by atoms with Crippen molar-refractivity contribution in [3.63, 3.8) is 0 Å². The molecule has 1 unspecified atom stereocenters. The van der Waals surface area contributed by atoms with Gasteiger partial charge in [-0.15, -0.1) is 5.10 Å². The zero-order valence-corrected chi connectivity index (χ0v) is 13.7. The number of carboxylic acid groups (broad SMARTS) is 1. The van der Waals surface area contributed by atoms with Gasteiger partial charge in [0.05, 0.1) is 31.2 Å². The predicted octanol–water partition coefficient (Wildman–Crippen LogP) is -0.590. The monoisotopic (exact) mass is 361 g/mol. The van der Waals surface area contributed by atoms with Gasteiger partial charge in [-0.05, 0) is 6.07 Å². The first-order chi connectivity index (χ1) is 12.5. The Balaban J connectivity index is 1.83. The molecule has 1 fully saturated rings. The van der Waals surface area contributed by atoms with E-state index in [0.717, 1.165) is 6.92 Å². The fourth-order valence-electron chi connectivity index (χ4n) is 2.49. The van der Waals surface area contributed by atoms with Crippen LogP contribution in [0.1, 0.15) is 6.92 Å². The number of esters is 1. The van der Waals surface area contributed by atoms with E-state index in [2.05, 4.69) is 15.3 Å². The summed E-state index contributed by atoms with van der Waals surface area (Å²) >= 11 is 0. The van der Waals surface area contributed by atoms with E-state index in [4.69, 9.17) is 9.47 Å². The molecule has 0 saturated carbocycles. The molecule has 1 N–H and O–H groups in total. The smallest absolute Gasteiger partial charge is 0.348 e. The van der Waals surface area contributed by atoms with Crippen molar-refractivity contribution in [3.05, 3.63) is 30.7 Å². The summed E-state index contributed by atoms with van der Waals surface area (Å²) in [5.74, 6) is -2.62. The second-order valence-electron chi connectivity index (χ2n) is 5.37. The minimum atomic E-state index is -1.73. The highest BCUT2D eigenvalue weighted by molar-refractivity contribution is 5.99. The normalized spacial score (nSPS) is 18.4. The molecule has 0 radical (unpaired) electrons. The highest BCUT2D eigenvalue weighted by Gasteiger charge is 2.43. The number of carboxylic acids is 1. The van der Waals surface area contributed by atoms with E-state index in [9.17, 15) is 19.5 Å². The predicted molar refractivity (Wildman–Crippen MR) is 84.4 cm³/mol. The number of aliphatic carboxylic acids is 1. The highest BCUT2D eigenvalue weighted by atomic mass is 16.6. The van der Waals surface area contributed by atoms with Crippen molar-refractivity contribution in [1.29, 1.82) is 0 Å². The lowest BCUT2D eigenvalue weighted by atomic mass is 10.1.